The molecule has 0 unspecified atom stereocenters. The summed E-state index contributed by atoms with van der Waals surface area (Å²) in [6, 6.07) is 4.50. The second kappa shape index (κ2) is 6.49. The average Bonchev–Trinajstić information content (AvgIpc) is 2.36. The maximum atomic E-state index is 13.8. The van der Waals surface area contributed by atoms with Crippen molar-refractivity contribution in [2.75, 3.05) is 14.1 Å². The lowest BCUT2D eigenvalue weighted by atomic mass is 9.83. The molecule has 19 heavy (non-hydrogen) atoms. The van der Waals surface area contributed by atoms with E-state index in [-0.39, 0.29) is 12.2 Å². The van der Waals surface area contributed by atoms with E-state index in [1.165, 1.54) is 6.07 Å². The van der Waals surface area contributed by atoms with Crippen LogP contribution >= 0.6 is 11.6 Å². The summed E-state index contributed by atoms with van der Waals surface area (Å²) in [6.45, 7) is 3.95. The maximum Gasteiger partial charge on any atom is 0.157 e. The molecular weight excluding hydrogens is 265 g/mol. The van der Waals surface area contributed by atoms with Gasteiger partial charge in [-0.2, -0.15) is 0 Å². The van der Waals surface area contributed by atoms with Crippen LogP contribution in [0.25, 0.3) is 0 Å². The van der Waals surface area contributed by atoms with Crippen molar-refractivity contribution in [1.29, 1.82) is 0 Å². The number of carbonyl (C=O) groups is 1. The number of benzene rings is 1. The summed E-state index contributed by atoms with van der Waals surface area (Å²) in [5, 5.41) is 0.313. The smallest absolute Gasteiger partial charge is 0.157 e. The number of carbonyl (C=O) groups excluding carboxylic acids is 1. The van der Waals surface area contributed by atoms with E-state index in [0.29, 0.717) is 23.4 Å². The van der Waals surface area contributed by atoms with Crippen LogP contribution in [0.15, 0.2) is 18.2 Å². The number of Topliss-reactive ketones (excluding diaryl/α,β-unsaturated/α-hetero) is 1. The molecule has 1 aromatic carbocycles. The van der Waals surface area contributed by atoms with Crippen LogP contribution in [0.2, 0.25) is 5.02 Å². The molecule has 0 aliphatic rings. The molecule has 1 aromatic rings. The molecule has 0 bridgehead atoms. The van der Waals surface area contributed by atoms with Gasteiger partial charge in [0.15, 0.2) is 5.78 Å². The van der Waals surface area contributed by atoms with Crippen molar-refractivity contribution in [3.8, 4) is 0 Å². The average molecular weight is 286 g/mol. The second-order valence-corrected chi connectivity index (χ2v) is 5.34. The Kier molecular flexibility index (Phi) is 5.50. The SMILES string of the molecule is CCC(CC)(C(=O)Cc1c(F)cccc1Cl)N(C)C. The summed E-state index contributed by atoms with van der Waals surface area (Å²) in [4.78, 5) is 14.5. The van der Waals surface area contributed by atoms with Gasteiger partial charge in [-0.3, -0.25) is 9.69 Å². The Morgan fingerprint density at radius 2 is 1.89 bits per heavy atom. The number of ketones is 1. The van der Waals surface area contributed by atoms with Crippen molar-refractivity contribution in [3.63, 3.8) is 0 Å². The number of rotatable bonds is 6. The normalized spacial score (nSPS) is 11.9. The molecule has 2 nitrogen and oxygen atoms in total. The predicted octanol–water partition coefficient (Wildman–Crippen LogP) is 3.71. The van der Waals surface area contributed by atoms with Gasteiger partial charge in [-0.25, -0.2) is 4.39 Å². The Morgan fingerprint density at radius 1 is 1.32 bits per heavy atom. The first-order valence-electron chi connectivity index (χ1n) is 6.52. The molecule has 0 aromatic heterocycles. The van der Waals surface area contributed by atoms with Gasteiger partial charge in [0.1, 0.15) is 5.82 Å². The molecule has 106 valence electrons. The van der Waals surface area contributed by atoms with Gasteiger partial charge < -0.3 is 0 Å². The predicted molar refractivity (Wildman–Crippen MR) is 77.1 cm³/mol. The highest BCUT2D eigenvalue weighted by Crippen LogP contribution is 2.27. The fraction of sp³-hybridized carbons (Fsp3) is 0.533. The quantitative estimate of drug-likeness (QED) is 0.794. The van der Waals surface area contributed by atoms with E-state index in [1.54, 1.807) is 12.1 Å². The molecular formula is C15H21ClFNO. The van der Waals surface area contributed by atoms with Gasteiger partial charge in [0.25, 0.3) is 0 Å². The Balaban J connectivity index is 3.07. The largest absolute Gasteiger partial charge is 0.297 e. The van der Waals surface area contributed by atoms with E-state index in [0.717, 1.165) is 0 Å². The van der Waals surface area contributed by atoms with Gasteiger partial charge in [0, 0.05) is 17.0 Å². The zero-order chi connectivity index (χ0) is 14.6. The lowest BCUT2D eigenvalue weighted by molar-refractivity contribution is -0.129. The Morgan fingerprint density at radius 3 is 2.32 bits per heavy atom. The molecule has 0 saturated heterocycles. The fourth-order valence-corrected chi connectivity index (χ4v) is 2.78. The minimum atomic E-state index is -0.550. The van der Waals surface area contributed by atoms with Crippen LogP contribution in [-0.2, 0) is 11.2 Å². The first kappa shape index (κ1) is 16.1. The Hall–Kier alpha value is -0.930. The summed E-state index contributed by atoms with van der Waals surface area (Å²) in [7, 11) is 3.77. The first-order chi connectivity index (χ1) is 8.89. The number of hydrogen-bond donors (Lipinski definition) is 0. The Bertz CT molecular complexity index is 435. The van der Waals surface area contributed by atoms with Crippen molar-refractivity contribution < 1.29 is 9.18 Å². The van der Waals surface area contributed by atoms with E-state index in [9.17, 15) is 9.18 Å². The number of likely N-dealkylation sites (N-methyl/N-ethyl adjacent to an activating group) is 1. The van der Waals surface area contributed by atoms with Crippen molar-refractivity contribution in [2.45, 2.75) is 38.6 Å². The van der Waals surface area contributed by atoms with Crippen LogP contribution in [0, 0.1) is 5.82 Å². The lowest BCUT2D eigenvalue weighted by Crippen LogP contribution is -2.51. The van der Waals surface area contributed by atoms with Crippen molar-refractivity contribution in [1.82, 2.24) is 4.90 Å². The molecule has 0 aliphatic heterocycles. The minimum Gasteiger partial charge on any atom is -0.297 e. The zero-order valence-electron chi connectivity index (χ0n) is 12.0. The first-order valence-corrected chi connectivity index (χ1v) is 6.90. The second-order valence-electron chi connectivity index (χ2n) is 4.93. The van der Waals surface area contributed by atoms with E-state index in [1.807, 2.05) is 32.8 Å². The number of halogens is 2. The van der Waals surface area contributed by atoms with Gasteiger partial charge in [-0.1, -0.05) is 31.5 Å². The highest BCUT2D eigenvalue weighted by molar-refractivity contribution is 6.31. The topological polar surface area (TPSA) is 20.3 Å². The summed E-state index contributed by atoms with van der Waals surface area (Å²) in [5.74, 6) is -0.407. The minimum absolute atomic E-state index is 0.00880. The third-order valence-electron chi connectivity index (χ3n) is 3.94. The summed E-state index contributed by atoms with van der Waals surface area (Å²) < 4.78 is 13.8. The lowest BCUT2D eigenvalue weighted by Gasteiger charge is -2.37. The summed E-state index contributed by atoms with van der Waals surface area (Å²) >= 11 is 5.98. The fourth-order valence-electron chi connectivity index (χ4n) is 2.55. The number of hydrogen-bond acceptors (Lipinski definition) is 2. The van der Waals surface area contributed by atoms with Gasteiger partial charge >= 0.3 is 0 Å². The van der Waals surface area contributed by atoms with Gasteiger partial charge in [0.2, 0.25) is 0 Å². The van der Waals surface area contributed by atoms with Crippen molar-refractivity contribution >= 4 is 17.4 Å². The van der Waals surface area contributed by atoms with E-state index in [4.69, 9.17) is 11.6 Å². The molecule has 0 heterocycles. The molecule has 4 heteroatoms. The molecule has 0 N–H and O–H groups in total. The van der Waals surface area contributed by atoms with Crippen molar-refractivity contribution in [2.24, 2.45) is 0 Å². The van der Waals surface area contributed by atoms with Crippen LogP contribution in [0.1, 0.15) is 32.3 Å². The van der Waals surface area contributed by atoms with Crippen LogP contribution in [0.4, 0.5) is 4.39 Å². The molecule has 0 saturated carbocycles. The van der Waals surface area contributed by atoms with Crippen LogP contribution in [0.3, 0.4) is 0 Å². The molecule has 0 aliphatic carbocycles. The third-order valence-corrected chi connectivity index (χ3v) is 4.30. The van der Waals surface area contributed by atoms with Crippen LogP contribution in [0.5, 0.6) is 0 Å². The third kappa shape index (κ3) is 3.15. The zero-order valence-corrected chi connectivity index (χ0v) is 12.7. The summed E-state index contributed by atoms with van der Waals surface area (Å²) in [6.07, 6.45) is 1.42. The van der Waals surface area contributed by atoms with Gasteiger partial charge in [-0.15, -0.1) is 0 Å². The van der Waals surface area contributed by atoms with Gasteiger partial charge in [0.05, 0.1) is 5.54 Å². The van der Waals surface area contributed by atoms with Crippen LogP contribution in [-0.4, -0.2) is 30.3 Å². The van der Waals surface area contributed by atoms with E-state index in [2.05, 4.69) is 0 Å². The highest BCUT2D eigenvalue weighted by atomic mass is 35.5. The van der Waals surface area contributed by atoms with Gasteiger partial charge in [-0.05, 0) is 39.1 Å². The molecule has 0 spiro atoms. The molecule has 0 fully saturated rings. The van der Waals surface area contributed by atoms with E-state index < -0.39 is 11.4 Å². The highest BCUT2D eigenvalue weighted by Gasteiger charge is 2.37. The molecule has 0 atom stereocenters. The van der Waals surface area contributed by atoms with E-state index >= 15 is 0 Å². The molecule has 0 radical (unpaired) electrons. The standard InChI is InChI=1S/C15H21ClFNO/c1-5-15(6-2,18(3)4)14(19)10-11-12(16)8-7-9-13(11)17/h7-9H,5-6,10H2,1-4H3. The van der Waals surface area contributed by atoms with Crippen molar-refractivity contribution in [3.05, 3.63) is 34.6 Å². The Labute approximate surface area is 119 Å². The molecule has 0 amide bonds. The monoisotopic (exact) mass is 285 g/mol. The maximum absolute atomic E-state index is 13.8. The van der Waals surface area contributed by atoms with Crippen LogP contribution < -0.4 is 0 Å². The summed E-state index contributed by atoms with van der Waals surface area (Å²) in [5.41, 5.74) is -0.256. The molecule has 1 rings (SSSR count). The number of nitrogens with zero attached hydrogens (tertiary/aromatic N) is 1.